The highest BCUT2D eigenvalue weighted by molar-refractivity contribution is 5.73. The molecule has 5 rings (SSSR count). The van der Waals surface area contributed by atoms with Crippen LogP contribution in [0.15, 0.2) is 0 Å². The van der Waals surface area contributed by atoms with Crippen molar-refractivity contribution in [2.24, 2.45) is 40.4 Å². The van der Waals surface area contributed by atoms with E-state index in [4.69, 9.17) is 14.5 Å². The van der Waals surface area contributed by atoms with Gasteiger partial charge in [0.1, 0.15) is 18.3 Å². The van der Waals surface area contributed by atoms with Crippen LogP contribution in [0, 0.1) is 40.4 Å². The largest absolute Gasteiger partial charge is 0.388 e. The molecule has 5 aliphatic rings. The fraction of sp³-hybridized carbons (Fsp3) is 0.964. The van der Waals surface area contributed by atoms with Gasteiger partial charge in [0.05, 0.1) is 12.0 Å². The molecular formula is C28H47NO7. The summed E-state index contributed by atoms with van der Waals surface area (Å²) >= 11 is 0. The number of aliphatic hydroxyl groups is 3. The van der Waals surface area contributed by atoms with E-state index < -0.39 is 36.2 Å². The molecule has 1 saturated heterocycles. The highest BCUT2D eigenvalue weighted by Crippen LogP contribution is 2.67. The van der Waals surface area contributed by atoms with Gasteiger partial charge in [0.25, 0.3) is 0 Å². The van der Waals surface area contributed by atoms with E-state index in [9.17, 15) is 20.1 Å². The van der Waals surface area contributed by atoms with Crippen molar-refractivity contribution < 1.29 is 34.6 Å². The van der Waals surface area contributed by atoms with Crippen molar-refractivity contribution in [2.45, 2.75) is 122 Å². The van der Waals surface area contributed by atoms with E-state index in [1.54, 1.807) is 6.92 Å². The summed E-state index contributed by atoms with van der Waals surface area (Å²) in [7, 11) is 2.10. The SMILES string of the molecule is CNC1CC[C@@]2(C)C(CC[C@H]3[C@@H]4CC[C@H](C(=O)OOC5(C)O[C@@H](C)[C@H](O)[C@@H](O)[C@H]5O)[C@@]4(C)CC[C@@H]32)C1. The molecule has 5 fully saturated rings. The molecule has 0 bridgehead atoms. The predicted molar refractivity (Wildman–Crippen MR) is 132 cm³/mol. The van der Waals surface area contributed by atoms with Crippen molar-refractivity contribution in [1.29, 1.82) is 0 Å². The summed E-state index contributed by atoms with van der Waals surface area (Å²) in [6.07, 6.45) is 5.38. The number of aliphatic hydroxyl groups excluding tert-OH is 3. The lowest BCUT2D eigenvalue weighted by Crippen LogP contribution is -2.63. The molecule has 3 unspecified atom stereocenters. The normalized spacial score (nSPS) is 54.8. The molecule has 0 aromatic heterocycles. The van der Waals surface area contributed by atoms with Gasteiger partial charge in [0.15, 0.2) is 0 Å². The van der Waals surface area contributed by atoms with Crippen LogP contribution in [0.5, 0.6) is 0 Å². The third-order valence-corrected chi connectivity index (χ3v) is 11.8. The van der Waals surface area contributed by atoms with E-state index in [1.807, 2.05) is 0 Å². The Bertz CT molecular complexity index is 841. The van der Waals surface area contributed by atoms with Crippen molar-refractivity contribution in [3.63, 3.8) is 0 Å². The summed E-state index contributed by atoms with van der Waals surface area (Å²) in [5.74, 6) is 0.278. The molecule has 36 heavy (non-hydrogen) atoms. The van der Waals surface area contributed by atoms with E-state index in [0.29, 0.717) is 23.3 Å². The fourth-order valence-electron chi connectivity index (χ4n) is 9.44. The van der Waals surface area contributed by atoms with Gasteiger partial charge in [-0.3, -0.25) is 4.89 Å². The van der Waals surface area contributed by atoms with Crippen molar-refractivity contribution in [2.75, 3.05) is 7.05 Å². The minimum absolute atomic E-state index is 0.122. The summed E-state index contributed by atoms with van der Waals surface area (Å²) in [6.45, 7) is 7.82. The second-order valence-electron chi connectivity index (χ2n) is 13.3. The molecule has 1 heterocycles. The van der Waals surface area contributed by atoms with E-state index >= 15 is 0 Å². The molecule has 4 aliphatic carbocycles. The second kappa shape index (κ2) is 9.45. The smallest absolute Gasteiger partial charge is 0.346 e. The quantitative estimate of drug-likeness (QED) is 0.338. The number of carbonyl (C=O) groups excluding carboxylic acids is 1. The Morgan fingerprint density at radius 1 is 0.917 bits per heavy atom. The Kier molecular flexibility index (Phi) is 7.04. The van der Waals surface area contributed by atoms with Crippen LogP contribution in [0.25, 0.3) is 0 Å². The van der Waals surface area contributed by atoms with E-state index in [2.05, 4.69) is 26.2 Å². The molecule has 0 aromatic carbocycles. The fourth-order valence-corrected chi connectivity index (χ4v) is 9.44. The van der Waals surface area contributed by atoms with Crippen LogP contribution in [0.3, 0.4) is 0 Å². The standard InChI is InChI=1S/C28H47NO7/c1-15-22(30)23(31)24(32)28(4,34-15)36-35-25(33)21-9-8-19-18-7-6-16-14-17(29-5)10-12-26(16,2)20(18)11-13-27(19,21)3/h15-24,29-32H,6-14H2,1-5H3/t15-,16?,17?,18-,19-,20-,21+,22-,23+,24+,26-,27-,28?/m0/s1. The van der Waals surface area contributed by atoms with Gasteiger partial charge in [-0.1, -0.05) is 13.8 Å². The number of nitrogens with one attached hydrogen (secondary N) is 1. The first-order valence-corrected chi connectivity index (χ1v) is 14.2. The summed E-state index contributed by atoms with van der Waals surface area (Å²) in [5.41, 5.74) is 0.285. The Labute approximate surface area is 215 Å². The van der Waals surface area contributed by atoms with Gasteiger partial charge in [-0.25, -0.2) is 4.79 Å². The zero-order valence-corrected chi connectivity index (χ0v) is 22.6. The molecule has 0 amide bonds. The number of rotatable bonds is 4. The first kappa shape index (κ1) is 26.8. The third kappa shape index (κ3) is 4.06. The maximum absolute atomic E-state index is 13.3. The van der Waals surface area contributed by atoms with Gasteiger partial charge >= 0.3 is 5.97 Å². The Morgan fingerprint density at radius 3 is 2.33 bits per heavy atom. The van der Waals surface area contributed by atoms with Crippen LogP contribution >= 0.6 is 0 Å². The van der Waals surface area contributed by atoms with Crippen molar-refractivity contribution in [1.82, 2.24) is 5.32 Å². The van der Waals surface area contributed by atoms with E-state index in [-0.39, 0.29) is 11.3 Å². The van der Waals surface area contributed by atoms with Gasteiger partial charge in [0, 0.05) is 6.04 Å². The van der Waals surface area contributed by atoms with Gasteiger partial charge in [-0.15, -0.1) is 4.89 Å². The van der Waals surface area contributed by atoms with Gasteiger partial charge in [-0.2, -0.15) is 0 Å². The molecule has 4 N–H and O–H groups in total. The lowest BCUT2D eigenvalue weighted by molar-refractivity contribution is -0.452. The first-order valence-electron chi connectivity index (χ1n) is 14.2. The van der Waals surface area contributed by atoms with Crippen LogP contribution in [0.2, 0.25) is 0 Å². The molecule has 206 valence electrons. The van der Waals surface area contributed by atoms with Gasteiger partial charge in [0.2, 0.25) is 5.79 Å². The van der Waals surface area contributed by atoms with Crippen LogP contribution in [0.1, 0.15) is 85.5 Å². The van der Waals surface area contributed by atoms with Crippen LogP contribution < -0.4 is 5.32 Å². The third-order valence-electron chi connectivity index (χ3n) is 11.8. The summed E-state index contributed by atoms with van der Waals surface area (Å²) in [5, 5.41) is 34.1. The monoisotopic (exact) mass is 509 g/mol. The highest BCUT2D eigenvalue weighted by Gasteiger charge is 2.62. The number of hydrogen-bond acceptors (Lipinski definition) is 8. The maximum Gasteiger partial charge on any atom is 0.346 e. The average Bonchev–Trinajstić information content (AvgIpc) is 3.22. The highest BCUT2D eigenvalue weighted by atomic mass is 17.2. The molecule has 0 spiro atoms. The summed E-state index contributed by atoms with van der Waals surface area (Å²) in [6, 6.07) is 0.653. The number of ether oxygens (including phenoxy) is 1. The van der Waals surface area contributed by atoms with Crippen LogP contribution in [-0.4, -0.2) is 64.6 Å². The first-order chi connectivity index (χ1) is 16.9. The molecule has 0 aromatic rings. The molecule has 8 nitrogen and oxygen atoms in total. The van der Waals surface area contributed by atoms with E-state index in [0.717, 1.165) is 31.1 Å². The minimum Gasteiger partial charge on any atom is -0.388 e. The van der Waals surface area contributed by atoms with Crippen LogP contribution in [0.4, 0.5) is 0 Å². The number of fused-ring (bicyclic) bond motifs is 5. The zero-order valence-electron chi connectivity index (χ0n) is 22.6. The molecule has 4 saturated carbocycles. The molecule has 0 radical (unpaired) electrons. The lowest BCUT2D eigenvalue weighted by atomic mass is 9.44. The van der Waals surface area contributed by atoms with Gasteiger partial charge < -0.3 is 25.4 Å². The summed E-state index contributed by atoms with van der Waals surface area (Å²) < 4.78 is 5.60. The number of hydrogen-bond donors (Lipinski definition) is 4. The van der Waals surface area contributed by atoms with Crippen molar-refractivity contribution in [3.8, 4) is 0 Å². The maximum atomic E-state index is 13.3. The molecule has 8 heteroatoms. The zero-order chi connectivity index (χ0) is 26.0. The predicted octanol–water partition coefficient (Wildman–Crippen LogP) is 2.93. The second-order valence-corrected chi connectivity index (χ2v) is 13.3. The molecule has 1 aliphatic heterocycles. The van der Waals surface area contributed by atoms with Gasteiger partial charge in [-0.05, 0) is 113 Å². The van der Waals surface area contributed by atoms with E-state index in [1.165, 1.54) is 45.4 Å². The molecular weight excluding hydrogens is 462 g/mol. The summed E-state index contributed by atoms with van der Waals surface area (Å²) in [4.78, 5) is 24.1. The minimum atomic E-state index is -1.75. The topological polar surface area (TPSA) is 117 Å². The molecule has 13 atom stereocenters. The van der Waals surface area contributed by atoms with Crippen molar-refractivity contribution in [3.05, 3.63) is 0 Å². The Balaban J connectivity index is 1.26. The Morgan fingerprint density at radius 2 is 1.61 bits per heavy atom. The average molecular weight is 510 g/mol. The number of carbonyl (C=O) groups is 1. The Hall–Kier alpha value is -0.770. The van der Waals surface area contributed by atoms with Crippen molar-refractivity contribution >= 4 is 5.97 Å². The van der Waals surface area contributed by atoms with Crippen LogP contribution in [-0.2, 0) is 19.3 Å². The lowest BCUT2D eigenvalue weighted by Gasteiger charge is -2.61.